The molecule has 0 unspecified atom stereocenters. The van der Waals surface area contributed by atoms with E-state index in [1.54, 1.807) is 6.20 Å². The van der Waals surface area contributed by atoms with Crippen molar-refractivity contribution >= 4 is 26.7 Å². The molecule has 6 heteroatoms. The van der Waals surface area contributed by atoms with Crippen molar-refractivity contribution in [2.75, 3.05) is 19.3 Å². The maximum atomic E-state index is 12.6. The Bertz CT molecular complexity index is 771. The third kappa shape index (κ3) is 2.73. The number of benzene rings is 1. The summed E-state index contributed by atoms with van der Waals surface area (Å²) in [5.41, 5.74) is 1.66. The summed E-state index contributed by atoms with van der Waals surface area (Å²) in [5.74, 6) is 0.0165. The van der Waals surface area contributed by atoms with Gasteiger partial charge in [-0.2, -0.15) is 0 Å². The van der Waals surface area contributed by atoms with Gasteiger partial charge in [-0.25, -0.2) is 12.7 Å². The highest BCUT2D eigenvalue weighted by molar-refractivity contribution is 7.88. The number of nitrogens with zero attached hydrogens (tertiary/aromatic N) is 1. The molecule has 2 aromatic rings. The first kappa shape index (κ1) is 14.3. The van der Waals surface area contributed by atoms with Gasteiger partial charge in [-0.05, 0) is 18.9 Å². The summed E-state index contributed by atoms with van der Waals surface area (Å²) in [4.78, 5) is 15.8. The smallest absolute Gasteiger partial charge is 0.211 e. The van der Waals surface area contributed by atoms with Gasteiger partial charge >= 0.3 is 0 Å². The van der Waals surface area contributed by atoms with Crippen molar-refractivity contribution in [3.63, 3.8) is 0 Å². The van der Waals surface area contributed by atoms with E-state index < -0.39 is 10.0 Å². The van der Waals surface area contributed by atoms with Crippen LogP contribution in [0.15, 0.2) is 30.5 Å². The monoisotopic (exact) mass is 306 g/mol. The second-order valence-electron chi connectivity index (χ2n) is 5.55. The molecule has 1 fully saturated rings. The molecular weight excluding hydrogens is 288 g/mol. The molecule has 112 valence electrons. The van der Waals surface area contributed by atoms with E-state index in [2.05, 4.69) is 4.98 Å². The lowest BCUT2D eigenvalue weighted by Gasteiger charge is -2.29. The Labute approximate surface area is 124 Å². The highest BCUT2D eigenvalue weighted by atomic mass is 32.2. The third-order valence-corrected chi connectivity index (χ3v) is 5.45. The Balaban J connectivity index is 1.78. The molecule has 0 radical (unpaired) electrons. The van der Waals surface area contributed by atoms with Crippen LogP contribution in [-0.2, 0) is 10.0 Å². The minimum Gasteiger partial charge on any atom is -0.360 e. The number of piperidine rings is 1. The molecule has 2 heterocycles. The van der Waals surface area contributed by atoms with Crippen molar-refractivity contribution in [2.24, 2.45) is 5.92 Å². The summed E-state index contributed by atoms with van der Waals surface area (Å²) < 4.78 is 24.5. The average Bonchev–Trinajstić information content (AvgIpc) is 2.90. The number of Topliss-reactive ketones (excluding diaryl/α,β-unsaturated/α-hetero) is 1. The lowest BCUT2D eigenvalue weighted by atomic mass is 9.89. The maximum absolute atomic E-state index is 12.6. The normalized spacial score (nSPS) is 18.1. The number of sulfonamides is 1. The minimum absolute atomic E-state index is 0.0952. The number of para-hydroxylation sites is 1. The van der Waals surface area contributed by atoms with Gasteiger partial charge < -0.3 is 4.98 Å². The van der Waals surface area contributed by atoms with Gasteiger partial charge in [-0.15, -0.1) is 0 Å². The number of carbonyl (C=O) groups is 1. The Morgan fingerprint density at radius 2 is 1.90 bits per heavy atom. The number of carbonyl (C=O) groups excluding carboxylic acids is 1. The van der Waals surface area contributed by atoms with Crippen molar-refractivity contribution < 1.29 is 13.2 Å². The highest BCUT2D eigenvalue weighted by Crippen LogP contribution is 2.26. The largest absolute Gasteiger partial charge is 0.360 e. The SMILES string of the molecule is CS(=O)(=O)N1CCC(C(=O)c2c[nH]c3ccccc23)CC1. The first-order valence-corrected chi connectivity index (χ1v) is 8.87. The van der Waals surface area contributed by atoms with E-state index in [-0.39, 0.29) is 11.7 Å². The van der Waals surface area contributed by atoms with Crippen LogP contribution in [0.5, 0.6) is 0 Å². The van der Waals surface area contributed by atoms with Crippen molar-refractivity contribution in [1.29, 1.82) is 0 Å². The summed E-state index contributed by atoms with van der Waals surface area (Å²) in [5, 5.41) is 0.938. The van der Waals surface area contributed by atoms with Gasteiger partial charge in [0.1, 0.15) is 0 Å². The number of rotatable bonds is 3. The minimum atomic E-state index is -3.15. The molecule has 0 spiro atoms. The van der Waals surface area contributed by atoms with E-state index in [9.17, 15) is 13.2 Å². The first-order valence-electron chi connectivity index (χ1n) is 7.02. The van der Waals surface area contributed by atoms with E-state index in [0.29, 0.717) is 31.5 Å². The molecule has 0 amide bonds. The van der Waals surface area contributed by atoms with Gasteiger partial charge in [0.15, 0.2) is 5.78 Å². The fourth-order valence-electron chi connectivity index (χ4n) is 2.94. The van der Waals surface area contributed by atoms with Gasteiger partial charge in [-0.1, -0.05) is 18.2 Å². The van der Waals surface area contributed by atoms with Crippen LogP contribution in [0.25, 0.3) is 10.9 Å². The van der Waals surface area contributed by atoms with E-state index >= 15 is 0 Å². The molecule has 5 nitrogen and oxygen atoms in total. The summed E-state index contributed by atoms with van der Waals surface area (Å²) in [7, 11) is -3.15. The number of H-pyrrole nitrogens is 1. The summed E-state index contributed by atoms with van der Waals surface area (Å²) in [6.45, 7) is 0.856. The molecule has 1 aromatic carbocycles. The lowest BCUT2D eigenvalue weighted by Crippen LogP contribution is -2.39. The van der Waals surface area contributed by atoms with Crippen molar-refractivity contribution in [2.45, 2.75) is 12.8 Å². The van der Waals surface area contributed by atoms with Crippen LogP contribution in [0.3, 0.4) is 0 Å². The van der Waals surface area contributed by atoms with Crippen molar-refractivity contribution in [3.05, 3.63) is 36.0 Å². The topological polar surface area (TPSA) is 70.2 Å². The molecule has 0 aliphatic carbocycles. The number of hydrogen-bond acceptors (Lipinski definition) is 3. The molecule has 1 saturated heterocycles. The van der Waals surface area contributed by atoms with E-state index in [0.717, 1.165) is 10.9 Å². The van der Waals surface area contributed by atoms with Gasteiger partial charge in [0, 0.05) is 41.7 Å². The molecule has 0 atom stereocenters. The van der Waals surface area contributed by atoms with Crippen LogP contribution < -0.4 is 0 Å². The van der Waals surface area contributed by atoms with Crippen molar-refractivity contribution in [1.82, 2.24) is 9.29 Å². The molecule has 1 aliphatic rings. The van der Waals surface area contributed by atoms with Crippen LogP contribution in [0.1, 0.15) is 23.2 Å². The Hall–Kier alpha value is -1.66. The fraction of sp³-hybridized carbons (Fsp3) is 0.400. The third-order valence-electron chi connectivity index (χ3n) is 4.15. The molecule has 0 saturated carbocycles. The van der Waals surface area contributed by atoms with E-state index in [1.165, 1.54) is 10.6 Å². The summed E-state index contributed by atoms with van der Waals surface area (Å²) in [6.07, 6.45) is 4.15. The van der Waals surface area contributed by atoms with Gasteiger partial charge in [0.25, 0.3) is 0 Å². The van der Waals surface area contributed by atoms with E-state index in [4.69, 9.17) is 0 Å². The molecule has 21 heavy (non-hydrogen) atoms. The van der Waals surface area contributed by atoms with Crippen LogP contribution >= 0.6 is 0 Å². The van der Waals surface area contributed by atoms with Crippen LogP contribution in [0, 0.1) is 5.92 Å². The maximum Gasteiger partial charge on any atom is 0.211 e. The van der Waals surface area contributed by atoms with E-state index in [1.807, 2.05) is 24.3 Å². The number of fused-ring (bicyclic) bond motifs is 1. The predicted molar refractivity (Wildman–Crippen MR) is 81.8 cm³/mol. The number of aromatic nitrogens is 1. The summed E-state index contributed by atoms with van der Waals surface area (Å²) in [6, 6.07) is 7.72. The van der Waals surface area contributed by atoms with Crippen molar-refractivity contribution in [3.8, 4) is 0 Å². The quantitative estimate of drug-likeness (QED) is 0.882. The zero-order chi connectivity index (χ0) is 15.0. The molecule has 1 N–H and O–H groups in total. The van der Waals surface area contributed by atoms with Gasteiger partial charge in [0.2, 0.25) is 10.0 Å². The molecule has 1 aliphatic heterocycles. The summed E-state index contributed by atoms with van der Waals surface area (Å²) >= 11 is 0. The standard InChI is InChI=1S/C15H18N2O3S/c1-21(19,20)17-8-6-11(7-9-17)15(18)13-10-16-14-5-3-2-4-12(13)14/h2-5,10-11,16H,6-9H2,1H3. The number of ketones is 1. The fourth-order valence-corrected chi connectivity index (χ4v) is 3.82. The number of aromatic amines is 1. The molecule has 3 rings (SSSR count). The molecule has 0 bridgehead atoms. The zero-order valence-corrected chi connectivity index (χ0v) is 12.7. The average molecular weight is 306 g/mol. The second-order valence-corrected chi connectivity index (χ2v) is 7.53. The van der Waals surface area contributed by atoms with Crippen LogP contribution in [0.4, 0.5) is 0 Å². The Morgan fingerprint density at radius 1 is 1.24 bits per heavy atom. The van der Waals surface area contributed by atoms with Gasteiger partial charge in [0.05, 0.1) is 6.26 Å². The van der Waals surface area contributed by atoms with Crippen LogP contribution in [0.2, 0.25) is 0 Å². The number of hydrogen-bond donors (Lipinski definition) is 1. The zero-order valence-electron chi connectivity index (χ0n) is 11.9. The number of nitrogens with one attached hydrogen (secondary N) is 1. The predicted octanol–water partition coefficient (Wildman–Crippen LogP) is 2.02. The second kappa shape index (κ2) is 5.27. The van der Waals surface area contributed by atoms with Crippen LogP contribution in [-0.4, -0.2) is 42.8 Å². The Morgan fingerprint density at radius 3 is 2.57 bits per heavy atom. The highest BCUT2D eigenvalue weighted by Gasteiger charge is 2.30. The Kier molecular flexibility index (Phi) is 3.59. The molecule has 1 aromatic heterocycles. The first-order chi connectivity index (χ1) is 9.97. The lowest BCUT2D eigenvalue weighted by molar-refractivity contribution is 0.0877. The molecular formula is C15H18N2O3S. The van der Waals surface area contributed by atoms with Gasteiger partial charge in [-0.3, -0.25) is 4.79 Å².